The summed E-state index contributed by atoms with van der Waals surface area (Å²) in [5.74, 6) is -0.312. The van der Waals surface area contributed by atoms with Crippen LogP contribution < -0.4 is 14.8 Å². The second kappa shape index (κ2) is 6.38. The van der Waals surface area contributed by atoms with Crippen LogP contribution in [0.4, 0.5) is 5.69 Å². The number of ether oxygens (including phenoxy) is 2. The van der Waals surface area contributed by atoms with E-state index in [0.717, 1.165) is 39.3 Å². The van der Waals surface area contributed by atoms with Crippen molar-refractivity contribution in [3.63, 3.8) is 0 Å². The van der Waals surface area contributed by atoms with Crippen LogP contribution in [0.15, 0.2) is 66.7 Å². The molecule has 0 amide bonds. The lowest BCUT2D eigenvalue weighted by Crippen LogP contribution is -2.40. The van der Waals surface area contributed by atoms with Gasteiger partial charge in [-0.3, -0.25) is 0 Å². The Morgan fingerprint density at radius 3 is 2.43 bits per heavy atom. The number of nitrogens with one attached hydrogen (secondary N) is 1. The van der Waals surface area contributed by atoms with Crippen molar-refractivity contribution < 1.29 is 14.6 Å². The van der Waals surface area contributed by atoms with Crippen LogP contribution in [0.5, 0.6) is 11.5 Å². The molecule has 4 heteroatoms. The van der Waals surface area contributed by atoms with E-state index < -0.39 is 5.79 Å². The first-order valence-corrected chi connectivity index (χ1v) is 10.1. The topological polar surface area (TPSA) is 50.7 Å². The first-order valence-electron chi connectivity index (χ1n) is 10.1. The molecule has 152 valence electrons. The summed E-state index contributed by atoms with van der Waals surface area (Å²) in [4.78, 5) is 0. The molecule has 1 atom stereocenters. The van der Waals surface area contributed by atoms with E-state index in [2.05, 4.69) is 38.2 Å². The van der Waals surface area contributed by atoms with Crippen LogP contribution in [0.25, 0.3) is 16.7 Å². The van der Waals surface area contributed by atoms with Gasteiger partial charge < -0.3 is 19.9 Å². The van der Waals surface area contributed by atoms with Crippen molar-refractivity contribution in [2.24, 2.45) is 0 Å². The minimum absolute atomic E-state index is 0.179. The third-order valence-corrected chi connectivity index (χ3v) is 5.87. The highest BCUT2D eigenvalue weighted by molar-refractivity contribution is 5.92. The monoisotopic (exact) mass is 399 g/mol. The molecule has 0 aliphatic carbocycles. The quantitative estimate of drug-likeness (QED) is 0.593. The second-order valence-corrected chi connectivity index (χ2v) is 8.53. The molecule has 3 aromatic carbocycles. The molecule has 0 fully saturated rings. The molecule has 0 bridgehead atoms. The normalized spacial score (nSPS) is 20.6. The molecule has 0 spiro atoms. The minimum Gasteiger partial charge on any atom is -0.496 e. The van der Waals surface area contributed by atoms with E-state index in [1.165, 1.54) is 0 Å². The third-order valence-electron chi connectivity index (χ3n) is 5.87. The maximum Gasteiger partial charge on any atom is 0.263 e. The molecular formula is C26H25NO3. The second-order valence-electron chi connectivity index (χ2n) is 8.53. The lowest BCUT2D eigenvalue weighted by Gasteiger charge is -2.41. The molecule has 1 unspecified atom stereocenters. The molecule has 3 aromatic rings. The minimum atomic E-state index is -1.63. The zero-order chi connectivity index (χ0) is 21.1. The standard InChI is InChI=1S/C26H25NO3/c1-16-15-25(2,3)27-19-14-13-18-23-20(29-4)11-8-12-21(23)30-26(28,24(18)22(16)19)17-9-6-5-7-10-17/h5-15,27-28H,1-4H3. The maximum absolute atomic E-state index is 12.1. The fraction of sp³-hybridized carbons (Fsp3) is 0.231. The van der Waals surface area contributed by atoms with Gasteiger partial charge in [0.15, 0.2) is 0 Å². The Kier molecular flexibility index (Phi) is 3.99. The highest BCUT2D eigenvalue weighted by atomic mass is 16.6. The smallest absolute Gasteiger partial charge is 0.263 e. The summed E-state index contributed by atoms with van der Waals surface area (Å²) in [5.41, 5.74) is 6.06. The molecule has 5 rings (SSSR count). The van der Waals surface area contributed by atoms with Crippen LogP contribution >= 0.6 is 0 Å². The van der Waals surface area contributed by atoms with Crippen molar-refractivity contribution in [3.05, 3.63) is 83.4 Å². The van der Waals surface area contributed by atoms with Gasteiger partial charge in [0.1, 0.15) is 11.5 Å². The first kappa shape index (κ1) is 18.8. The zero-order valence-corrected chi connectivity index (χ0v) is 17.6. The van der Waals surface area contributed by atoms with Gasteiger partial charge in [-0.15, -0.1) is 0 Å². The number of anilines is 1. The predicted molar refractivity (Wildman–Crippen MR) is 120 cm³/mol. The summed E-state index contributed by atoms with van der Waals surface area (Å²) < 4.78 is 12.0. The Labute approximate surface area is 176 Å². The lowest BCUT2D eigenvalue weighted by molar-refractivity contribution is -0.110. The van der Waals surface area contributed by atoms with Crippen molar-refractivity contribution in [2.45, 2.75) is 32.1 Å². The molecule has 2 heterocycles. The van der Waals surface area contributed by atoms with Crippen molar-refractivity contribution >= 4 is 11.3 Å². The van der Waals surface area contributed by atoms with Gasteiger partial charge in [0.25, 0.3) is 5.79 Å². The Morgan fingerprint density at radius 2 is 1.70 bits per heavy atom. The number of methoxy groups -OCH3 is 1. The summed E-state index contributed by atoms with van der Waals surface area (Å²) in [5, 5.41) is 15.7. The molecule has 30 heavy (non-hydrogen) atoms. The average molecular weight is 399 g/mol. The molecule has 2 aliphatic heterocycles. The molecule has 0 aromatic heterocycles. The molecular weight excluding hydrogens is 374 g/mol. The van der Waals surface area contributed by atoms with Crippen LogP contribution in [0, 0.1) is 0 Å². The van der Waals surface area contributed by atoms with E-state index >= 15 is 0 Å². The van der Waals surface area contributed by atoms with Crippen LogP contribution in [-0.2, 0) is 5.79 Å². The molecule has 0 saturated carbocycles. The molecule has 2 N–H and O–H groups in total. The number of rotatable bonds is 2. The van der Waals surface area contributed by atoms with Crippen LogP contribution in [0.1, 0.15) is 37.5 Å². The number of fused-ring (bicyclic) bond motifs is 5. The van der Waals surface area contributed by atoms with Gasteiger partial charge in [0.2, 0.25) is 0 Å². The molecule has 0 saturated heterocycles. The van der Waals surface area contributed by atoms with Gasteiger partial charge in [0, 0.05) is 27.9 Å². The van der Waals surface area contributed by atoms with Crippen LogP contribution in [-0.4, -0.2) is 17.8 Å². The fourth-order valence-electron chi connectivity index (χ4n) is 4.78. The maximum atomic E-state index is 12.1. The van der Waals surface area contributed by atoms with Crippen molar-refractivity contribution in [2.75, 3.05) is 12.4 Å². The van der Waals surface area contributed by atoms with E-state index in [4.69, 9.17) is 9.47 Å². The lowest BCUT2D eigenvalue weighted by atomic mass is 9.78. The highest BCUT2D eigenvalue weighted by Gasteiger charge is 2.45. The highest BCUT2D eigenvalue weighted by Crippen LogP contribution is 2.54. The van der Waals surface area contributed by atoms with Crippen LogP contribution in [0.2, 0.25) is 0 Å². The summed E-state index contributed by atoms with van der Waals surface area (Å²) in [6.07, 6.45) is 2.19. The SMILES string of the molecule is COc1cccc2c1-c1ccc3c(c1C(O)(c1ccccc1)O2)C(C)=CC(C)(C)N3. The van der Waals surface area contributed by atoms with E-state index in [-0.39, 0.29) is 5.54 Å². The van der Waals surface area contributed by atoms with Crippen molar-refractivity contribution in [1.29, 1.82) is 0 Å². The summed E-state index contributed by atoms with van der Waals surface area (Å²) >= 11 is 0. The van der Waals surface area contributed by atoms with Crippen molar-refractivity contribution in [1.82, 2.24) is 0 Å². The molecule has 2 aliphatic rings. The van der Waals surface area contributed by atoms with Crippen molar-refractivity contribution in [3.8, 4) is 22.6 Å². The van der Waals surface area contributed by atoms with Gasteiger partial charge in [0.05, 0.1) is 18.2 Å². The summed E-state index contributed by atoms with van der Waals surface area (Å²) in [6, 6.07) is 19.4. The van der Waals surface area contributed by atoms with Gasteiger partial charge in [-0.2, -0.15) is 0 Å². The Hall–Kier alpha value is -3.24. The molecule has 0 radical (unpaired) electrons. The van der Waals surface area contributed by atoms with Gasteiger partial charge in [-0.1, -0.05) is 48.5 Å². The van der Waals surface area contributed by atoms with E-state index in [1.807, 2.05) is 54.6 Å². The Morgan fingerprint density at radius 1 is 0.933 bits per heavy atom. The zero-order valence-electron chi connectivity index (χ0n) is 17.6. The van der Waals surface area contributed by atoms with Gasteiger partial charge in [-0.05, 0) is 44.5 Å². The van der Waals surface area contributed by atoms with Gasteiger partial charge >= 0.3 is 0 Å². The van der Waals surface area contributed by atoms with Gasteiger partial charge in [-0.25, -0.2) is 0 Å². The molecule has 4 nitrogen and oxygen atoms in total. The average Bonchev–Trinajstić information content (AvgIpc) is 2.72. The predicted octanol–water partition coefficient (Wildman–Crippen LogP) is 5.56. The number of hydrogen-bond acceptors (Lipinski definition) is 4. The van der Waals surface area contributed by atoms with E-state index in [9.17, 15) is 5.11 Å². The van der Waals surface area contributed by atoms with E-state index in [1.54, 1.807) is 7.11 Å². The van der Waals surface area contributed by atoms with E-state index in [0.29, 0.717) is 11.3 Å². The number of hydrogen-bond donors (Lipinski definition) is 2. The largest absolute Gasteiger partial charge is 0.496 e. The number of benzene rings is 3. The summed E-state index contributed by atoms with van der Waals surface area (Å²) in [7, 11) is 1.65. The fourth-order valence-corrected chi connectivity index (χ4v) is 4.78. The number of allylic oxidation sites excluding steroid dienone is 1. The van der Waals surface area contributed by atoms with Crippen LogP contribution in [0.3, 0.4) is 0 Å². The number of aliphatic hydroxyl groups is 1. The summed E-state index contributed by atoms with van der Waals surface area (Å²) in [6.45, 7) is 6.36. The first-order chi connectivity index (χ1) is 14.3. The third kappa shape index (κ3) is 2.64. The Bertz CT molecular complexity index is 1180. The Balaban J connectivity index is 1.89.